The Morgan fingerprint density at radius 2 is 1.89 bits per heavy atom. The number of nitrogens with zero attached hydrogens (tertiary/aromatic N) is 5. The van der Waals surface area contributed by atoms with Crippen molar-refractivity contribution >= 4 is 11.9 Å². The van der Waals surface area contributed by atoms with Gasteiger partial charge in [0.25, 0.3) is 5.95 Å². The molecule has 0 radical (unpaired) electrons. The lowest BCUT2D eigenvalue weighted by atomic mass is 10.5. The van der Waals surface area contributed by atoms with Gasteiger partial charge >= 0.3 is 0 Å². The van der Waals surface area contributed by atoms with Gasteiger partial charge in [-0.15, -0.1) is 0 Å². The normalized spacial score (nSPS) is 10.4. The molecular formula is C11H17N7O. The van der Waals surface area contributed by atoms with Gasteiger partial charge in [-0.3, -0.25) is 0 Å². The van der Waals surface area contributed by atoms with Crippen LogP contribution in [-0.4, -0.2) is 49.5 Å². The second-order valence-corrected chi connectivity index (χ2v) is 3.81. The Bertz CT molecular complexity index is 473. The lowest BCUT2D eigenvalue weighted by molar-refractivity contribution is 0.310. The predicted octanol–water partition coefficient (Wildman–Crippen LogP) is 0.283. The molecule has 0 bridgehead atoms. The summed E-state index contributed by atoms with van der Waals surface area (Å²) >= 11 is 0. The molecule has 0 amide bonds. The molecule has 19 heavy (non-hydrogen) atoms. The number of aliphatic hydroxyl groups excluding tert-OH is 1. The molecule has 8 nitrogen and oxygen atoms in total. The molecule has 0 unspecified atom stereocenters. The molecule has 0 aliphatic heterocycles. The maximum atomic E-state index is 8.82. The highest BCUT2D eigenvalue weighted by Gasteiger charge is 2.07. The van der Waals surface area contributed by atoms with Crippen LogP contribution in [0.4, 0.5) is 11.9 Å². The average Bonchev–Trinajstić information content (AvgIpc) is 2.97. The quantitative estimate of drug-likeness (QED) is 0.659. The van der Waals surface area contributed by atoms with Crippen LogP contribution in [0.1, 0.15) is 13.3 Å². The zero-order valence-corrected chi connectivity index (χ0v) is 10.7. The van der Waals surface area contributed by atoms with Gasteiger partial charge in [-0.1, -0.05) is 6.92 Å². The topological polar surface area (TPSA) is 101 Å². The maximum absolute atomic E-state index is 8.82. The minimum atomic E-state index is 0.0144. The van der Waals surface area contributed by atoms with E-state index in [0.29, 0.717) is 24.4 Å². The summed E-state index contributed by atoms with van der Waals surface area (Å²) in [5, 5.41) is 18.9. The molecule has 3 N–H and O–H groups in total. The fraction of sp³-hybridized carbons (Fsp3) is 0.455. The standard InChI is InChI=1S/C11H17N7O/c1-2-4-12-9-15-10(13-6-8-19)17-11(16-9)18-7-3-5-14-18/h3,5,7,19H,2,4,6,8H2,1H3,(H2,12,13,15,16,17). The first-order valence-electron chi connectivity index (χ1n) is 6.18. The highest BCUT2D eigenvalue weighted by Crippen LogP contribution is 2.08. The molecule has 0 fully saturated rings. The molecule has 0 aliphatic carbocycles. The van der Waals surface area contributed by atoms with Gasteiger partial charge in [0, 0.05) is 25.5 Å². The van der Waals surface area contributed by atoms with E-state index in [-0.39, 0.29) is 6.61 Å². The highest BCUT2D eigenvalue weighted by molar-refractivity contribution is 5.37. The van der Waals surface area contributed by atoms with Crippen molar-refractivity contribution in [2.75, 3.05) is 30.3 Å². The highest BCUT2D eigenvalue weighted by atomic mass is 16.3. The van der Waals surface area contributed by atoms with Gasteiger partial charge in [0.15, 0.2) is 0 Å². The van der Waals surface area contributed by atoms with Crippen molar-refractivity contribution in [1.82, 2.24) is 24.7 Å². The monoisotopic (exact) mass is 263 g/mol. The molecule has 2 aromatic rings. The summed E-state index contributed by atoms with van der Waals surface area (Å²) in [5.41, 5.74) is 0. The van der Waals surface area contributed by atoms with Gasteiger partial charge in [-0.25, -0.2) is 4.68 Å². The summed E-state index contributed by atoms with van der Waals surface area (Å²) in [6.07, 6.45) is 4.39. The molecule has 0 spiro atoms. The van der Waals surface area contributed by atoms with Gasteiger partial charge in [0.1, 0.15) is 0 Å². The van der Waals surface area contributed by atoms with Crippen LogP contribution < -0.4 is 10.6 Å². The van der Waals surface area contributed by atoms with Crippen LogP contribution in [0.3, 0.4) is 0 Å². The number of rotatable bonds is 7. The summed E-state index contributed by atoms with van der Waals surface area (Å²) in [4.78, 5) is 12.7. The molecule has 2 heterocycles. The molecule has 0 aliphatic rings. The van der Waals surface area contributed by atoms with E-state index in [2.05, 4.69) is 37.6 Å². The minimum Gasteiger partial charge on any atom is -0.395 e. The van der Waals surface area contributed by atoms with Crippen molar-refractivity contribution in [3.8, 4) is 5.95 Å². The SMILES string of the molecule is CCCNc1nc(NCCO)nc(-n2cccn2)n1. The van der Waals surface area contributed by atoms with Gasteiger partial charge < -0.3 is 15.7 Å². The number of hydrogen-bond acceptors (Lipinski definition) is 7. The molecule has 2 rings (SSSR count). The average molecular weight is 263 g/mol. The van der Waals surface area contributed by atoms with Crippen molar-refractivity contribution in [1.29, 1.82) is 0 Å². The zero-order valence-electron chi connectivity index (χ0n) is 10.7. The van der Waals surface area contributed by atoms with Crippen molar-refractivity contribution in [3.63, 3.8) is 0 Å². The van der Waals surface area contributed by atoms with Crippen LogP contribution in [0.2, 0.25) is 0 Å². The van der Waals surface area contributed by atoms with Crippen molar-refractivity contribution < 1.29 is 5.11 Å². The molecule has 102 valence electrons. The Balaban J connectivity index is 2.25. The van der Waals surface area contributed by atoms with E-state index in [0.717, 1.165) is 13.0 Å². The van der Waals surface area contributed by atoms with E-state index in [4.69, 9.17) is 5.11 Å². The molecule has 2 aromatic heterocycles. The van der Waals surface area contributed by atoms with Gasteiger partial charge in [0.05, 0.1) is 6.61 Å². The number of aromatic nitrogens is 5. The molecule has 0 saturated carbocycles. The Labute approximate surface area is 110 Å². The Morgan fingerprint density at radius 1 is 1.16 bits per heavy atom. The van der Waals surface area contributed by atoms with E-state index in [1.54, 1.807) is 23.1 Å². The van der Waals surface area contributed by atoms with Crippen molar-refractivity contribution in [3.05, 3.63) is 18.5 Å². The second kappa shape index (κ2) is 6.64. The lowest BCUT2D eigenvalue weighted by Gasteiger charge is -2.08. The third kappa shape index (κ3) is 3.62. The summed E-state index contributed by atoms with van der Waals surface area (Å²) in [6.45, 7) is 3.24. The second-order valence-electron chi connectivity index (χ2n) is 3.81. The fourth-order valence-electron chi connectivity index (χ4n) is 1.42. The Kier molecular flexibility index (Phi) is 4.62. The van der Waals surface area contributed by atoms with E-state index < -0.39 is 0 Å². The Hall–Kier alpha value is -2.22. The van der Waals surface area contributed by atoms with E-state index in [1.165, 1.54) is 0 Å². The zero-order chi connectivity index (χ0) is 13.5. The first-order chi connectivity index (χ1) is 9.33. The largest absolute Gasteiger partial charge is 0.395 e. The third-order valence-corrected chi connectivity index (χ3v) is 2.26. The summed E-state index contributed by atoms with van der Waals surface area (Å²) in [7, 11) is 0. The summed E-state index contributed by atoms with van der Waals surface area (Å²) in [5.74, 6) is 1.33. The van der Waals surface area contributed by atoms with E-state index >= 15 is 0 Å². The lowest BCUT2D eigenvalue weighted by Crippen LogP contribution is -2.15. The third-order valence-electron chi connectivity index (χ3n) is 2.26. The van der Waals surface area contributed by atoms with Crippen LogP contribution in [0.25, 0.3) is 5.95 Å². The van der Waals surface area contributed by atoms with Gasteiger partial charge in [-0.05, 0) is 12.5 Å². The number of hydrogen-bond donors (Lipinski definition) is 3. The van der Waals surface area contributed by atoms with Gasteiger partial charge in [-0.2, -0.15) is 20.1 Å². The Morgan fingerprint density at radius 3 is 2.47 bits per heavy atom. The first kappa shape index (κ1) is 13.2. The number of anilines is 2. The summed E-state index contributed by atoms with van der Waals surface area (Å²) in [6, 6.07) is 1.80. The first-order valence-corrected chi connectivity index (χ1v) is 6.18. The van der Waals surface area contributed by atoms with E-state index in [1.807, 2.05) is 0 Å². The predicted molar refractivity (Wildman–Crippen MR) is 71.3 cm³/mol. The van der Waals surface area contributed by atoms with Crippen LogP contribution in [0.15, 0.2) is 18.5 Å². The maximum Gasteiger partial charge on any atom is 0.257 e. The summed E-state index contributed by atoms with van der Waals surface area (Å²) < 4.78 is 1.56. The van der Waals surface area contributed by atoms with Crippen LogP contribution in [-0.2, 0) is 0 Å². The minimum absolute atomic E-state index is 0.0144. The molecule has 8 heteroatoms. The van der Waals surface area contributed by atoms with Crippen LogP contribution in [0, 0.1) is 0 Å². The molecule has 0 atom stereocenters. The number of aliphatic hydroxyl groups is 1. The van der Waals surface area contributed by atoms with Crippen molar-refractivity contribution in [2.24, 2.45) is 0 Å². The van der Waals surface area contributed by atoms with E-state index in [9.17, 15) is 0 Å². The molecular weight excluding hydrogens is 246 g/mol. The smallest absolute Gasteiger partial charge is 0.257 e. The van der Waals surface area contributed by atoms with Crippen LogP contribution >= 0.6 is 0 Å². The fourth-order valence-corrected chi connectivity index (χ4v) is 1.42. The molecule has 0 aromatic carbocycles. The van der Waals surface area contributed by atoms with Gasteiger partial charge in [0.2, 0.25) is 11.9 Å². The number of nitrogens with one attached hydrogen (secondary N) is 2. The van der Waals surface area contributed by atoms with Crippen LogP contribution in [0.5, 0.6) is 0 Å². The molecule has 0 saturated heterocycles. The van der Waals surface area contributed by atoms with Crippen molar-refractivity contribution in [2.45, 2.75) is 13.3 Å².